The largest absolute Gasteiger partial charge is 0.485 e. The van der Waals surface area contributed by atoms with E-state index in [1.165, 1.54) is 16.2 Å². The van der Waals surface area contributed by atoms with Crippen LogP contribution in [0.25, 0.3) is 0 Å². The van der Waals surface area contributed by atoms with E-state index in [0.29, 0.717) is 22.1 Å². The van der Waals surface area contributed by atoms with Gasteiger partial charge in [-0.15, -0.1) is 11.3 Å². The van der Waals surface area contributed by atoms with Gasteiger partial charge in [0.1, 0.15) is 11.6 Å². The second-order valence-electron chi connectivity index (χ2n) is 6.35. The lowest BCUT2D eigenvalue weighted by Gasteiger charge is -2.25. The second kappa shape index (κ2) is 6.99. The van der Waals surface area contributed by atoms with Gasteiger partial charge in [-0.05, 0) is 43.4 Å². The molecule has 2 aromatic rings. The van der Waals surface area contributed by atoms with Gasteiger partial charge in [0.2, 0.25) is 6.10 Å². The van der Waals surface area contributed by atoms with Crippen molar-refractivity contribution in [1.29, 1.82) is 0 Å². The zero-order valence-corrected chi connectivity index (χ0v) is 15.3. The Labute approximate surface area is 155 Å². The average molecular weight is 372 g/mol. The molecule has 1 atom stereocenters. The Balaban J connectivity index is 1.57. The van der Waals surface area contributed by atoms with Crippen molar-refractivity contribution in [2.45, 2.75) is 31.8 Å². The highest BCUT2D eigenvalue weighted by Gasteiger charge is 2.31. The van der Waals surface area contributed by atoms with Gasteiger partial charge in [0.05, 0.1) is 5.56 Å². The maximum atomic E-state index is 12.7. The molecule has 2 amide bonds. The molecule has 1 aromatic carbocycles. The van der Waals surface area contributed by atoms with E-state index in [9.17, 15) is 9.59 Å². The van der Waals surface area contributed by atoms with Crippen molar-refractivity contribution in [1.82, 2.24) is 5.32 Å². The molecule has 0 saturated carbocycles. The molecular weight excluding hydrogens is 352 g/mol. The normalized spacial score (nSPS) is 18.0. The summed E-state index contributed by atoms with van der Waals surface area (Å²) in [6.07, 6.45) is 3.26. The van der Waals surface area contributed by atoms with Gasteiger partial charge in [-0.25, -0.2) is 0 Å². The fourth-order valence-electron chi connectivity index (χ4n) is 3.36. The number of amides is 2. The van der Waals surface area contributed by atoms with Crippen molar-refractivity contribution >= 4 is 28.2 Å². The zero-order valence-electron chi connectivity index (χ0n) is 14.5. The lowest BCUT2D eigenvalue weighted by Crippen LogP contribution is -2.40. The monoisotopic (exact) mass is 372 g/mol. The predicted molar refractivity (Wildman–Crippen MR) is 99.3 cm³/mol. The van der Waals surface area contributed by atoms with Crippen LogP contribution < -0.4 is 20.1 Å². The average Bonchev–Trinajstić information content (AvgIpc) is 3.04. The van der Waals surface area contributed by atoms with Crippen molar-refractivity contribution in [2.24, 2.45) is 0 Å². The van der Waals surface area contributed by atoms with E-state index in [2.05, 4.69) is 10.6 Å². The maximum absolute atomic E-state index is 12.7. The first-order chi connectivity index (χ1) is 12.7. The van der Waals surface area contributed by atoms with E-state index in [-0.39, 0.29) is 18.4 Å². The first-order valence-corrected chi connectivity index (χ1v) is 9.55. The molecule has 0 spiro atoms. The Morgan fingerprint density at radius 2 is 1.92 bits per heavy atom. The minimum Gasteiger partial charge on any atom is -0.485 e. The fourth-order valence-corrected chi connectivity index (χ4v) is 4.65. The molecule has 0 radical (unpaired) electrons. The van der Waals surface area contributed by atoms with E-state index in [4.69, 9.17) is 9.47 Å². The number of anilines is 1. The van der Waals surface area contributed by atoms with Gasteiger partial charge in [0.15, 0.2) is 11.5 Å². The molecule has 2 N–H and O–H groups in total. The summed E-state index contributed by atoms with van der Waals surface area (Å²) in [5.74, 6) is 0.721. The van der Waals surface area contributed by atoms with Crippen molar-refractivity contribution in [3.63, 3.8) is 0 Å². The molecule has 6 nitrogen and oxygen atoms in total. The Morgan fingerprint density at radius 3 is 2.73 bits per heavy atom. The van der Waals surface area contributed by atoms with Crippen LogP contribution in [0.3, 0.4) is 0 Å². The number of aryl methyl sites for hydroxylation is 1. The van der Waals surface area contributed by atoms with E-state index in [1.807, 2.05) is 12.1 Å². The van der Waals surface area contributed by atoms with Gasteiger partial charge in [0, 0.05) is 11.9 Å². The third-order valence-electron chi connectivity index (χ3n) is 4.66. The molecule has 1 aliphatic carbocycles. The summed E-state index contributed by atoms with van der Waals surface area (Å²) >= 11 is 1.49. The fraction of sp³-hybridized carbons (Fsp3) is 0.368. The molecule has 2 heterocycles. The Morgan fingerprint density at radius 1 is 1.15 bits per heavy atom. The number of fused-ring (bicyclic) bond motifs is 2. The SMILES string of the molecule is CNC(=O)c1c(NC(=O)[C@@H]2COc3ccccc3O2)sc2c1CCCC2. The standard InChI is InChI=1S/C19H20N2O4S/c1-20-18(23)16-11-6-2-5-9-15(11)26-19(16)21-17(22)14-10-24-12-7-3-4-8-13(12)25-14/h3-4,7-8,14H,2,5-6,9-10H2,1H3,(H,20,23)(H,21,22)/t14-/m0/s1. The third kappa shape index (κ3) is 3.03. The molecule has 2 aliphatic rings. The Bertz CT molecular complexity index is 861. The first-order valence-electron chi connectivity index (χ1n) is 8.73. The van der Waals surface area contributed by atoms with Crippen LogP contribution >= 0.6 is 11.3 Å². The number of benzene rings is 1. The van der Waals surface area contributed by atoms with Crippen LogP contribution in [0.2, 0.25) is 0 Å². The van der Waals surface area contributed by atoms with Crippen LogP contribution in [0, 0.1) is 0 Å². The van der Waals surface area contributed by atoms with Crippen molar-refractivity contribution in [2.75, 3.05) is 19.0 Å². The van der Waals surface area contributed by atoms with Crippen LogP contribution in [0.1, 0.15) is 33.6 Å². The molecule has 0 unspecified atom stereocenters. The number of nitrogens with one attached hydrogen (secondary N) is 2. The number of para-hydroxylation sites is 2. The van der Waals surface area contributed by atoms with E-state index < -0.39 is 6.10 Å². The van der Waals surface area contributed by atoms with Gasteiger partial charge < -0.3 is 20.1 Å². The summed E-state index contributed by atoms with van der Waals surface area (Å²) in [6.45, 7) is 0.142. The summed E-state index contributed by atoms with van der Waals surface area (Å²) in [7, 11) is 1.61. The van der Waals surface area contributed by atoms with Crippen LogP contribution in [0.5, 0.6) is 11.5 Å². The number of thiophene rings is 1. The summed E-state index contributed by atoms with van der Waals surface area (Å²) in [5.41, 5.74) is 1.67. The van der Waals surface area contributed by atoms with E-state index in [0.717, 1.165) is 31.2 Å². The zero-order chi connectivity index (χ0) is 18.1. The lowest BCUT2D eigenvalue weighted by molar-refractivity contribution is -0.125. The van der Waals surface area contributed by atoms with Crippen molar-refractivity contribution in [3.8, 4) is 11.5 Å². The molecule has 26 heavy (non-hydrogen) atoms. The number of hydrogen-bond donors (Lipinski definition) is 2. The molecular formula is C19H20N2O4S. The smallest absolute Gasteiger partial charge is 0.269 e. The summed E-state index contributed by atoms with van der Waals surface area (Å²) in [6, 6.07) is 7.27. The predicted octanol–water partition coefficient (Wildman–Crippen LogP) is 2.77. The number of ether oxygens (including phenoxy) is 2. The third-order valence-corrected chi connectivity index (χ3v) is 5.87. The second-order valence-corrected chi connectivity index (χ2v) is 7.45. The molecule has 1 aliphatic heterocycles. The Kier molecular flexibility index (Phi) is 4.55. The number of rotatable bonds is 3. The minimum absolute atomic E-state index is 0.142. The molecule has 0 bridgehead atoms. The maximum Gasteiger partial charge on any atom is 0.269 e. The van der Waals surface area contributed by atoms with Crippen LogP contribution in [-0.4, -0.2) is 31.6 Å². The van der Waals surface area contributed by atoms with Gasteiger partial charge in [-0.3, -0.25) is 9.59 Å². The van der Waals surface area contributed by atoms with E-state index in [1.54, 1.807) is 19.2 Å². The number of carbonyl (C=O) groups excluding carboxylic acids is 2. The van der Waals surface area contributed by atoms with Gasteiger partial charge in [0.25, 0.3) is 11.8 Å². The van der Waals surface area contributed by atoms with Crippen LogP contribution in [-0.2, 0) is 17.6 Å². The highest BCUT2D eigenvalue weighted by atomic mass is 32.1. The number of carbonyl (C=O) groups is 2. The minimum atomic E-state index is -0.749. The van der Waals surface area contributed by atoms with Crippen molar-refractivity contribution < 1.29 is 19.1 Å². The summed E-state index contributed by atoms with van der Waals surface area (Å²) < 4.78 is 11.4. The topological polar surface area (TPSA) is 76.7 Å². The van der Waals surface area contributed by atoms with Gasteiger partial charge in [-0.2, -0.15) is 0 Å². The van der Waals surface area contributed by atoms with Gasteiger partial charge >= 0.3 is 0 Å². The van der Waals surface area contributed by atoms with Crippen LogP contribution in [0.4, 0.5) is 5.00 Å². The summed E-state index contributed by atoms with van der Waals surface area (Å²) in [5, 5.41) is 6.18. The Hall–Kier alpha value is -2.54. The number of hydrogen-bond acceptors (Lipinski definition) is 5. The summed E-state index contributed by atoms with van der Waals surface area (Å²) in [4.78, 5) is 26.3. The lowest BCUT2D eigenvalue weighted by atomic mass is 9.95. The molecule has 7 heteroatoms. The molecule has 0 saturated heterocycles. The van der Waals surface area contributed by atoms with E-state index >= 15 is 0 Å². The quantitative estimate of drug-likeness (QED) is 0.869. The highest BCUT2D eigenvalue weighted by molar-refractivity contribution is 7.17. The van der Waals surface area contributed by atoms with Gasteiger partial charge in [-0.1, -0.05) is 12.1 Å². The molecule has 136 valence electrons. The van der Waals surface area contributed by atoms with Crippen molar-refractivity contribution in [3.05, 3.63) is 40.3 Å². The molecule has 1 aromatic heterocycles. The van der Waals surface area contributed by atoms with Crippen LogP contribution in [0.15, 0.2) is 24.3 Å². The molecule has 4 rings (SSSR count). The molecule has 0 fully saturated rings. The first kappa shape index (κ1) is 16.9. The highest BCUT2D eigenvalue weighted by Crippen LogP contribution is 2.38.